The predicted octanol–water partition coefficient (Wildman–Crippen LogP) is 1.11. The Bertz CT molecular complexity index is 596. The van der Waals surface area contributed by atoms with E-state index in [9.17, 15) is 0 Å². The van der Waals surface area contributed by atoms with Gasteiger partial charge in [-0.15, -0.1) is 0 Å². The lowest BCUT2D eigenvalue weighted by Gasteiger charge is -2.34. The van der Waals surface area contributed by atoms with Gasteiger partial charge in [-0.05, 0) is 0 Å². The summed E-state index contributed by atoms with van der Waals surface area (Å²) in [7, 11) is 1.61. The van der Waals surface area contributed by atoms with E-state index in [0.29, 0.717) is 10.9 Å². The summed E-state index contributed by atoms with van der Waals surface area (Å²) < 4.78 is 6.98. The summed E-state index contributed by atoms with van der Waals surface area (Å²) in [5.74, 6) is 1.31. The van der Waals surface area contributed by atoms with E-state index < -0.39 is 0 Å². The molecule has 0 aromatic carbocycles. The molecule has 8 heteroatoms. The topological polar surface area (TPSA) is 59.3 Å². The SMILES string of the molecule is COc1ccnc(N2CCN(Cn3cc(Cl)cn3)CC2)n1. The van der Waals surface area contributed by atoms with E-state index in [1.54, 1.807) is 25.6 Å². The molecule has 0 spiro atoms. The van der Waals surface area contributed by atoms with Crippen molar-refractivity contribution in [3.05, 3.63) is 29.7 Å². The fraction of sp³-hybridized carbons (Fsp3) is 0.462. The first-order valence-electron chi connectivity index (χ1n) is 6.77. The van der Waals surface area contributed by atoms with Crippen LogP contribution in [0.1, 0.15) is 0 Å². The maximum absolute atomic E-state index is 5.87. The Kier molecular flexibility index (Phi) is 4.21. The molecule has 7 nitrogen and oxygen atoms in total. The largest absolute Gasteiger partial charge is 0.481 e. The summed E-state index contributed by atoms with van der Waals surface area (Å²) in [6.07, 6.45) is 5.21. The quantitative estimate of drug-likeness (QED) is 0.843. The molecule has 1 saturated heterocycles. The van der Waals surface area contributed by atoms with Gasteiger partial charge in [-0.3, -0.25) is 9.58 Å². The van der Waals surface area contributed by atoms with Crippen LogP contribution in [0.15, 0.2) is 24.7 Å². The lowest BCUT2D eigenvalue weighted by Crippen LogP contribution is -2.47. The molecular formula is C13H17ClN6O. The van der Waals surface area contributed by atoms with Gasteiger partial charge in [-0.1, -0.05) is 11.6 Å². The van der Waals surface area contributed by atoms with Crippen LogP contribution in [0.5, 0.6) is 5.88 Å². The molecule has 1 aliphatic heterocycles. The monoisotopic (exact) mass is 308 g/mol. The predicted molar refractivity (Wildman–Crippen MR) is 79.6 cm³/mol. The van der Waals surface area contributed by atoms with E-state index in [0.717, 1.165) is 38.8 Å². The van der Waals surface area contributed by atoms with E-state index in [1.165, 1.54) is 0 Å². The number of aromatic nitrogens is 4. The van der Waals surface area contributed by atoms with Crippen molar-refractivity contribution in [2.24, 2.45) is 0 Å². The van der Waals surface area contributed by atoms with Gasteiger partial charge in [-0.25, -0.2) is 4.98 Å². The van der Waals surface area contributed by atoms with Crippen LogP contribution in [0.2, 0.25) is 5.02 Å². The number of anilines is 1. The van der Waals surface area contributed by atoms with Gasteiger partial charge in [0, 0.05) is 44.6 Å². The lowest BCUT2D eigenvalue weighted by molar-refractivity contribution is 0.195. The molecule has 0 aliphatic carbocycles. The molecule has 112 valence electrons. The van der Waals surface area contributed by atoms with Crippen molar-refractivity contribution in [3.8, 4) is 5.88 Å². The third-order valence-corrected chi connectivity index (χ3v) is 3.62. The van der Waals surface area contributed by atoms with E-state index in [2.05, 4.69) is 24.9 Å². The summed E-state index contributed by atoms with van der Waals surface area (Å²) >= 11 is 5.87. The Morgan fingerprint density at radius 1 is 1.29 bits per heavy atom. The van der Waals surface area contributed by atoms with Crippen LogP contribution in [0.3, 0.4) is 0 Å². The highest BCUT2D eigenvalue weighted by Crippen LogP contribution is 2.15. The van der Waals surface area contributed by atoms with Crippen molar-refractivity contribution in [1.29, 1.82) is 0 Å². The third-order valence-electron chi connectivity index (χ3n) is 3.43. The van der Waals surface area contributed by atoms with Crippen LogP contribution in [-0.4, -0.2) is 57.9 Å². The summed E-state index contributed by atoms with van der Waals surface area (Å²) in [5.41, 5.74) is 0. The first-order chi connectivity index (χ1) is 10.2. The average molecular weight is 309 g/mol. The highest BCUT2D eigenvalue weighted by Gasteiger charge is 2.19. The average Bonchev–Trinajstić information content (AvgIpc) is 2.93. The number of halogens is 1. The summed E-state index contributed by atoms with van der Waals surface area (Å²) in [5, 5.41) is 4.86. The number of hydrogen-bond acceptors (Lipinski definition) is 6. The fourth-order valence-corrected chi connectivity index (χ4v) is 2.46. The van der Waals surface area contributed by atoms with Gasteiger partial charge in [0.15, 0.2) is 0 Å². The van der Waals surface area contributed by atoms with Gasteiger partial charge in [0.05, 0.1) is 25.0 Å². The minimum absolute atomic E-state index is 0.591. The lowest BCUT2D eigenvalue weighted by atomic mass is 10.3. The zero-order chi connectivity index (χ0) is 14.7. The fourth-order valence-electron chi connectivity index (χ4n) is 2.31. The Hall–Kier alpha value is -1.86. The minimum Gasteiger partial charge on any atom is -0.481 e. The Labute approximate surface area is 128 Å². The maximum atomic E-state index is 5.87. The first kappa shape index (κ1) is 14.1. The number of ether oxygens (including phenoxy) is 1. The van der Waals surface area contributed by atoms with Crippen LogP contribution >= 0.6 is 11.6 Å². The van der Waals surface area contributed by atoms with E-state index in [-0.39, 0.29) is 0 Å². The van der Waals surface area contributed by atoms with Crippen molar-refractivity contribution >= 4 is 17.5 Å². The number of nitrogens with zero attached hydrogens (tertiary/aromatic N) is 6. The zero-order valence-corrected chi connectivity index (χ0v) is 12.6. The zero-order valence-electron chi connectivity index (χ0n) is 11.8. The maximum Gasteiger partial charge on any atom is 0.228 e. The van der Waals surface area contributed by atoms with Crippen LogP contribution in [0.4, 0.5) is 5.95 Å². The molecule has 0 radical (unpaired) electrons. The number of hydrogen-bond donors (Lipinski definition) is 0. The highest BCUT2D eigenvalue weighted by atomic mass is 35.5. The van der Waals surface area contributed by atoms with Crippen molar-refractivity contribution in [2.75, 3.05) is 38.2 Å². The highest BCUT2D eigenvalue weighted by molar-refractivity contribution is 6.30. The van der Waals surface area contributed by atoms with E-state index in [1.807, 2.05) is 10.9 Å². The summed E-state index contributed by atoms with van der Waals surface area (Å²) in [4.78, 5) is 13.2. The number of rotatable bonds is 4. The second-order valence-electron chi connectivity index (χ2n) is 4.84. The molecule has 0 bridgehead atoms. The van der Waals surface area contributed by atoms with Gasteiger partial charge in [-0.2, -0.15) is 10.1 Å². The Morgan fingerprint density at radius 3 is 2.76 bits per heavy atom. The number of piperazine rings is 1. The Morgan fingerprint density at radius 2 is 2.10 bits per heavy atom. The van der Waals surface area contributed by atoms with Gasteiger partial charge < -0.3 is 9.64 Å². The molecule has 21 heavy (non-hydrogen) atoms. The second-order valence-corrected chi connectivity index (χ2v) is 5.28. The standard InChI is InChI=1S/C13H17ClN6O/c1-21-12-2-3-15-13(17-12)19-6-4-18(5-7-19)10-20-9-11(14)8-16-20/h2-3,8-9H,4-7,10H2,1H3. The summed E-state index contributed by atoms with van der Waals surface area (Å²) in [6, 6.07) is 1.75. The van der Waals surface area contributed by atoms with Gasteiger partial charge >= 0.3 is 0 Å². The first-order valence-corrected chi connectivity index (χ1v) is 7.15. The molecule has 1 aliphatic rings. The minimum atomic E-state index is 0.591. The molecule has 3 rings (SSSR count). The Balaban J connectivity index is 1.57. The van der Waals surface area contributed by atoms with Gasteiger partial charge in [0.25, 0.3) is 0 Å². The van der Waals surface area contributed by atoms with Crippen molar-refractivity contribution in [3.63, 3.8) is 0 Å². The van der Waals surface area contributed by atoms with Crippen molar-refractivity contribution in [1.82, 2.24) is 24.6 Å². The molecule has 0 unspecified atom stereocenters. The van der Waals surface area contributed by atoms with Crippen molar-refractivity contribution in [2.45, 2.75) is 6.67 Å². The smallest absolute Gasteiger partial charge is 0.228 e. The molecule has 1 fully saturated rings. The van der Waals surface area contributed by atoms with Gasteiger partial charge in [0.2, 0.25) is 11.8 Å². The summed E-state index contributed by atoms with van der Waals surface area (Å²) in [6.45, 7) is 4.36. The molecule has 0 amide bonds. The molecule has 0 saturated carbocycles. The van der Waals surface area contributed by atoms with Crippen LogP contribution in [0.25, 0.3) is 0 Å². The molecule has 0 N–H and O–H groups in total. The van der Waals surface area contributed by atoms with Crippen molar-refractivity contribution < 1.29 is 4.74 Å². The molecular weight excluding hydrogens is 292 g/mol. The van der Waals surface area contributed by atoms with Gasteiger partial charge in [0.1, 0.15) is 0 Å². The van der Waals surface area contributed by atoms with Crippen LogP contribution in [-0.2, 0) is 6.67 Å². The van der Waals surface area contributed by atoms with E-state index >= 15 is 0 Å². The number of methoxy groups -OCH3 is 1. The molecule has 0 atom stereocenters. The third kappa shape index (κ3) is 3.43. The second kappa shape index (κ2) is 6.28. The van der Waals surface area contributed by atoms with Crippen LogP contribution < -0.4 is 9.64 Å². The van der Waals surface area contributed by atoms with Crippen LogP contribution in [0, 0.1) is 0 Å². The molecule has 2 aromatic rings. The normalized spacial score (nSPS) is 16.2. The molecule has 2 aromatic heterocycles. The van der Waals surface area contributed by atoms with E-state index in [4.69, 9.17) is 16.3 Å². The molecule has 3 heterocycles.